The summed E-state index contributed by atoms with van der Waals surface area (Å²) in [6.45, 7) is 7.60. The summed E-state index contributed by atoms with van der Waals surface area (Å²) in [5, 5.41) is 12.6. The van der Waals surface area contributed by atoms with Crippen molar-refractivity contribution in [2.24, 2.45) is 11.8 Å². The number of rotatable bonds is 18. The number of carbonyl (C=O) groups is 4. The molecule has 0 unspecified atom stereocenters. The van der Waals surface area contributed by atoms with Crippen molar-refractivity contribution in [2.75, 3.05) is 24.2 Å². The van der Waals surface area contributed by atoms with E-state index in [-0.39, 0.29) is 58.7 Å². The Kier molecular flexibility index (Phi) is 14.6. The Hall–Kier alpha value is -4.26. The molecular weight excluding hydrogens is 714 g/mol. The molecular formula is C40H52ClN5O6S. The quantitative estimate of drug-likeness (QED) is 0.126. The summed E-state index contributed by atoms with van der Waals surface area (Å²) in [6.07, 6.45) is 4.58. The van der Waals surface area contributed by atoms with E-state index in [9.17, 15) is 27.6 Å². The molecule has 0 radical (unpaired) electrons. The number of amides is 3. The van der Waals surface area contributed by atoms with Gasteiger partial charge in [-0.05, 0) is 99.4 Å². The molecule has 286 valence electrons. The van der Waals surface area contributed by atoms with E-state index in [1.807, 2.05) is 50.2 Å². The molecule has 1 fully saturated rings. The molecule has 53 heavy (non-hydrogen) atoms. The monoisotopic (exact) mass is 765 g/mol. The van der Waals surface area contributed by atoms with E-state index < -0.39 is 34.1 Å². The van der Waals surface area contributed by atoms with Crippen LogP contribution in [0.2, 0.25) is 5.02 Å². The van der Waals surface area contributed by atoms with Crippen LogP contribution in [0.5, 0.6) is 0 Å². The number of nitrogens with one attached hydrogen (secondary N) is 4. The maximum absolute atomic E-state index is 14.1. The zero-order valence-electron chi connectivity index (χ0n) is 31.3. The normalized spacial score (nSPS) is 15.4. The second kappa shape index (κ2) is 18.7. The van der Waals surface area contributed by atoms with Crippen LogP contribution in [0.15, 0.2) is 72.8 Å². The maximum atomic E-state index is 14.1. The maximum Gasteiger partial charge on any atom is 0.251 e. The van der Waals surface area contributed by atoms with Gasteiger partial charge in [-0.25, -0.2) is 8.42 Å². The van der Waals surface area contributed by atoms with Crippen molar-refractivity contribution in [1.82, 2.24) is 21.3 Å². The van der Waals surface area contributed by atoms with Gasteiger partial charge in [0, 0.05) is 35.7 Å². The zero-order valence-corrected chi connectivity index (χ0v) is 32.9. The highest BCUT2D eigenvalue weighted by Gasteiger charge is 2.30. The summed E-state index contributed by atoms with van der Waals surface area (Å²) < 4.78 is 26.1. The zero-order chi connectivity index (χ0) is 38.9. The number of carbonyl (C=O) groups excluding carboxylic acids is 4. The van der Waals surface area contributed by atoms with Crippen LogP contribution in [0.4, 0.5) is 5.69 Å². The fourth-order valence-corrected chi connectivity index (χ4v) is 6.74. The third-order valence-corrected chi connectivity index (χ3v) is 11.1. The fraction of sp³-hybridized carbons (Fsp3) is 0.450. The topological polar surface area (TPSA) is 154 Å². The lowest BCUT2D eigenvalue weighted by molar-refractivity contribution is -0.131. The van der Waals surface area contributed by atoms with E-state index in [0.29, 0.717) is 18.0 Å². The van der Waals surface area contributed by atoms with Crippen LogP contribution in [0, 0.1) is 11.8 Å². The Morgan fingerprint density at radius 3 is 2.15 bits per heavy atom. The predicted octanol–water partition coefficient (Wildman–Crippen LogP) is 5.45. The van der Waals surface area contributed by atoms with Crippen molar-refractivity contribution in [2.45, 2.75) is 84.0 Å². The van der Waals surface area contributed by atoms with Gasteiger partial charge in [-0.2, -0.15) is 0 Å². The molecule has 0 aliphatic heterocycles. The van der Waals surface area contributed by atoms with Crippen molar-refractivity contribution in [3.05, 3.63) is 100 Å². The average molecular weight is 766 g/mol. The van der Waals surface area contributed by atoms with E-state index in [2.05, 4.69) is 21.3 Å². The van der Waals surface area contributed by atoms with E-state index >= 15 is 0 Å². The Labute approximate surface area is 318 Å². The molecule has 0 bridgehead atoms. The van der Waals surface area contributed by atoms with Crippen molar-refractivity contribution in [3.8, 4) is 0 Å². The third-order valence-electron chi connectivity index (χ3n) is 9.71. The summed E-state index contributed by atoms with van der Waals surface area (Å²) in [5.41, 5.74) is 2.25. The standard InChI is InChI=1S/C40H52ClN5O6S/c1-25(2)37(40(50)44-34-16-11-17-34)45-38(48)27(4)42-24-29(18-28-12-8-7-9-13-28)19-36(47)31-20-32(23-35(22-31)46(5)53(6,51)52)39(49)43-26(3)30-14-10-15-33(41)21-30/h7-10,12-15,20-23,25-27,29,34,37,42H,11,16-19,24H2,1-6H3,(H,43,49)(H,44,50)(H,45,48)/t26-,27+,29-,37+/m1/s1. The third kappa shape index (κ3) is 12.1. The van der Waals surface area contributed by atoms with Gasteiger partial charge in [0.15, 0.2) is 5.78 Å². The molecule has 3 aromatic rings. The molecule has 0 spiro atoms. The largest absolute Gasteiger partial charge is 0.352 e. The Bertz CT molecular complexity index is 1870. The summed E-state index contributed by atoms with van der Waals surface area (Å²) in [7, 11) is -2.36. The molecule has 4 atom stereocenters. The fourth-order valence-electron chi connectivity index (χ4n) is 6.05. The second-order valence-corrected chi connectivity index (χ2v) is 16.9. The highest BCUT2D eigenvalue weighted by Crippen LogP contribution is 2.25. The van der Waals surface area contributed by atoms with Gasteiger partial charge in [0.05, 0.1) is 24.0 Å². The molecule has 11 nitrogen and oxygen atoms in total. The summed E-state index contributed by atoms with van der Waals surface area (Å²) in [5.74, 6) is -1.68. The molecule has 0 aromatic heterocycles. The van der Waals surface area contributed by atoms with Crippen LogP contribution < -0.4 is 25.6 Å². The molecule has 13 heteroatoms. The van der Waals surface area contributed by atoms with Crippen LogP contribution >= 0.6 is 11.6 Å². The first kappa shape index (κ1) is 41.5. The molecule has 0 saturated heterocycles. The lowest BCUT2D eigenvalue weighted by Crippen LogP contribution is -2.56. The van der Waals surface area contributed by atoms with Crippen LogP contribution in [0.25, 0.3) is 0 Å². The molecule has 3 aromatic carbocycles. The Balaban J connectivity index is 1.53. The van der Waals surface area contributed by atoms with Crippen LogP contribution in [-0.4, -0.2) is 69.9 Å². The first-order valence-electron chi connectivity index (χ1n) is 18.1. The van der Waals surface area contributed by atoms with Gasteiger partial charge in [-0.1, -0.05) is 67.9 Å². The van der Waals surface area contributed by atoms with Gasteiger partial charge in [0.1, 0.15) is 6.04 Å². The molecule has 4 rings (SSSR count). The highest BCUT2D eigenvalue weighted by molar-refractivity contribution is 7.92. The van der Waals surface area contributed by atoms with Gasteiger partial charge < -0.3 is 21.3 Å². The molecule has 1 aliphatic carbocycles. The van der Waals surface area contributed by atoms with Crippen molar-refractivity contribution < 1.29 is 27.6 Å². The molecule has 1 aliphatic rings. The van der Waals surface area contributed by atoms with Gasteiger partial charge in [0.25, 0.3) is 5.91 Å². The number of hydrogen-bond donors (Lipinski definition) is 4. The van der Waals surface area contributed by atoms with Crippen LogP contribution in [0.3, 0.4) is 0 Å². The molecule has 3 amide bonds. The van der Waals surface area contributed by atoms with Gasteiger partial charge in [-0.3, -0.25) is 23.5 Å². The number of anilines is 1. The van der Waals surface area contributed by atoms with Crippen molar-refractivity contribution in [1.29, 1.82) is 0 Å². The highest BCUT2D eigenvalue weighted by atomic mass is 35.5. The van der Waals surface area contributed by atoms with E-state index in [1.165, 1.54) is 25.2 Å². The molecule has 0 heterocycles. The average Bonchev–Trinajstić information content (AvgIpc) is 3.09. The first-order chi connectivity index (χ1) is 25.0. The minimum atomic E-state index is -3.72. The Morgan fingerprint density at radius 2 is 1.55 bits per heavy atom. The lowest BCUT2D eigenvalue weighted by Gasteiger charge is -2.30. The van der Waals surface area contributed by atoms with Gasteiger partial charge in [-0.15, -0.1) is 0 Å². The number of sulfonamides is 1. The summed E-state index contributed by atoms with van der Waals surface area (Å²) in [6, 6.07) is 19.6. The van der Waals surface area contributed by atoms with Crippen LogP contribution in [-0.2, 0) is 26.0 Å². The Morgan fingerprint density at radius 1 is 0.868 bits per heavy atom. The summed E-state index contributed by atoms with van der Waals surface area (Å²) in [4.78, 5) is 53.8. The minimum absolute atomic E-state index is 0.0423. The number of benzene rings is 3. The summed E-state index contributed by atoms with van der Waals surface area (Å²) >= 11 is 6.16. The van der Waals surface area contributed by atoms with Gasteiger partial charge in [0.2, 0.25) is 21.8 Å². The minimum Gasteiger partial charge on any atom is -0.352 e. The smallest absolute Gasteiger partial charge is 0.251 e. The number of halogens is 1. The number of Topliss-reactive ketones (excluding diaryl/α,β-unsaturated/α-hetero) is 1. The molecule has 4 N–H and O–H groups in total. The lowest BCUT2D eigenvalue weighted by atomic mass is 9.91. The van der Waals surface area contributed by atoms with E-state index in [4.69, 9.17) is 11.6 Å². The second-order valence-electron chi connectivity index (χ2n) is 14.4. The van der Waals surface area contributed by atoms with E-state index in [1.54, 1.807) is 32.0 Å². The van der Waals surface area contributed by atoms with Gasteiger partial charge >= 0.3 is 0 Å². The number of ketones is 1. The molecule has 1 saturated carbocycles. The predicted molar refractivity (Wildman–Crippen MR) is 210 cm³/mol. The number of hydrogen-bond acceptors (Lipinski definition) is 7. The first-order valence-corrected chi connectivity index (χ1v) is 20.3. The SMILES string of the molecule is CC(C)[C@H](NC(=O)[C@H](C)NC[C@@H](CC(=O)c1cc(C(=O)N[C@H](C)c2cccc(Cl)c2)cc(N(C)S(C)(=O)=O)c1)Cc1ccccc1)C(=O)NC1CCC1. The van der Waals surface area contributed by atoms with Crippen LogP contribution in [0.1, 0.15) is 91.3 Å². The van der Waals surface area contributed by atoms with Crippen molar-refractivity contribution in [3.63, 3.8) is 0 Å². The van der Waals surface area contributed by atoms with E-state index in [0.717, 1.165) is 41.0 Å². The van der Waals surface area contributed by atoms with Crippen molar-refractivity contribution >= 4 is 50.8 Å². The number of nitrogens with zero attached hydrogens (tertiary/aromatic N) is 1.